The third-order valence-corrected chi connectivity index (χ3v) is 6.82. The van der Waals surface area contributed by atoms with Crippen molar-refractivity contribution in [2.24, 2.45) is 0 Å². The number of anilines is 2. The van der Waals surface area contributed by atoms with Crippen LogP contribution in [-0.2, 0) is 35.0 Å². The molecule has 0 radical (unpaired) electrons. The zero-order valence-corrected chi connectivity index (χ0v) is 19.5. The summed E-state index contributed by atoms with van der Waals surface area (Å²) in [5.41, 5.74) is 5.87. The molecule has 0 aliphatic carbocycles. The number of aromatic nitrogens is 2. The fourth-order valence-corrected chi connectivity index (χ4v) is 4.87. The second-order valence-electron chi connectivity index (χ2n) is 7.55. The molecule has 4 amide bonds. The predicted molar refractivity (Wildman–Crippen MR) is 114 cm³/mol. The Labute approximate surface area is 200 Å². The Balaban J connectivity index is 1.44. The maximum absolute atomic E-state index is 13.1. The second-order valence-corrected chi connectivity index (χ2v) is 9.86. The standard InChI is InChI=1S/C16H18N8O9S2/c1-5-3-8(20-32-5)21-35(30,31)22-15(29)24-6(2)9(11(24)25)19-13(28)16(7-4-34-14(17)18-7)10(12(26)27)33-23-16/h3-4,6,9-10,23H,1-2H3,(H2,17,18)(H,19,28)(H,20,21)(H,22,29)(H,26,27). The number of rotatable bonds is 7. The Kier molecular flexibility index (Phi) is 5.87. The SMILES string of the molecule is Cc1cc(NS(=O)(=O)NC(=O)N2C(=O)C(NC(=O)C3(c4csc(N)n4)NOC3C(=O)O)C2C)no1. The molecule has 0 aromatic carbocycles. The van der Waals surface area contributed by atoms with E-state index in [1.165, 1.54) is 25.3 Å². The number of β-lactam (4-membered cyclic amide) rings is 1. The first kappa shape index (κ1) is 24.3. The van der Waals surface area contributed by atoms with Gasteiger partial charge in [0.1, 0.15) is 11.8 Å². The van der Waals surface area contributed by atoms with Gasteiger partial charge in [0, 0.05) is 11.4 Å². The zero-order chi connectivity index (χ0) is 25.7. The molecule has 19 heteroatoms. The number of nitrogens with zero attached hydrogens (tertiary/aromatic N) is 3. The smallest absolute Gasteiger partial charge is 0.339 e. The topological polar surface area (TPSA) is 248 Å². The number of nitrogens with two attached hydrogens (primary N) is 1. The highest BCUT2D eigenvalue weighted by Gasteiger charge is 2.63. The first-order valence-corrected chi connectivity index (χ1v) is 12.0. The van der Waals surface area contributed by atoms with E-state index >= 15 is 0 Å². The number of carbonyl (C=O) groups excluding carboxylic acids is 3. The lowest BCUT2D eigenvalue weighted by molar-refractivity contribution is -0.235. The molecule has 2 saturated heterocycles. The number of thiazole rings is 1. The number of aliphatic carboxylic acids is 1. The van der Waals surface area contributed by atoms with Gasteiger partial charge in [-0.05, 0) is 13.8 Å². The average molecular weight is 531 g/mol. The van der Waals surface area contributed by atoms with Gasteiger partial charge in [0.15, 0.2) is 10.9 Å². The van der Waals surface area contributed by atoms with Crippen molar-refractivity contribution >= 4 is 56.3 Å². The molecule has 35 heavy (non-hydrogen) atoms. The summed E-state index contributed by atoms with van der Waals surface area (Å²) >= 11 is 0.960. The van der Waals surface area contributed by atoms with Gasteiger partial charge in [-0.3, -0.25) is 19.3 Å². The van der Waals surface area contributed by atoms with Gasteiger partial charge < -0.3 is 20.7 Å². The summed E-state index contributed by atoms with van der Waals surface area (Å²) in [7, 11) is -4.46. The van der Waals surface area contributed by atoms with Crippen LogP contribution in [0.4, 0.5) is 15.7 Å². The molecule has 4 rings (SSSR count). The van der Waals surface area contributed by atoms with Crippen molar-refractivity contribution < 1.29 is 42.1 Å². The molecule has 7 N–H and O–H groups in total. The van der Waals surface area contributed by atoms with Crippen molar-refractivity contribution in [3.8, 4) is 0 Å². The van der Waals surface area contributed by atoms with Crippen LogP contribution in [0.1, 0.15) is 18.4 Å². The minimum atomic E-state index is -4.46. The molecule has 17 nitrogen and oxygen atoms in total. The first-order valence-electron chi connectivity index (χ1n) is 9.64. The minimum Gasteiger partial charge on any atom is -0.479 e. The fourth-order valence-electron chi connectivity index (χ4n) is 3.50. The number of aryl methyl sites for hydroxylation is 1. The van der Waals surface area contributed by atoms with Crippen LogP contribution in [-0.4, -0.2) is 70.6 Å². The van der Waals surface area contributed by atoms with Crippen LogP contribution >= 0.6 is 11.3 Å². The Morgan fingerprint density at radius 2 is 2.09 bits per heavy atom. The average Bonchev–Trinajstić information content (AvgIpc) is 3.32. The molecule has 0 saturated carbocycles. The number of carboxylic acid groups (broad SMARTS) is 1. The van der Waals surface area contributed by atoms with Gasteiger partial charge in [-0.15, -0.1) is 11.3 Å². The normalized spacial score (nSPS) is 25.8. The van der Waals surface area contributed by atoms with Crippen LogP contribution in [0, 0.1) is 6.92 Å². The first-order chi connectivity index (χ1) is 16.4. The Hall–Kier alpha value is -3.81. The highest BCUT2D eigenvalue weighted by Crippen LogP contribution is 2.36. The van der Waals surface area contributed by atoms with E-state index in [0.29, 0.717) is 10.7 Å². The number of likely N-dealkylation sites (tertiary alicyclic amines) is 1. The van der Waals surface area contributed by atoms with Crippen molar-refractivity contribution in [2.75, 3.05) is 10.5 Å². The van der Waals surface area contributed by atoms with Crippen LogP contribution in [0.2, 0.25) is 0 Å². The summed E-state index contributed by atoms with van der Waals surface area (Å²) in [6.07, 6.45) is -1.68. The molecular weight excluding hydrogens is 512 g/mol. The number of nitrogen functional groups attached to an aromatic ring is 1. The molecule has 2 aromatic rings. The number of hydroxylamine groups is 1. The van der Waals surface area contributed by atoms with E-state index in [9.17, 15) is 32.7 Å². The molecule has 4 unspecified atom stereocenters. The van der Waals surface area contributed by atoms with E-state index in [1.54, 1.807) is 4.72 Å². The molecule has 2 aliphatic heterocycles. The quantitative estimate of drug-likeness (QED) is 0.212. The summed E-state index contributed by atoms with van der Waals surface area (Å²) in [5.74, 6) is -3.25. The van der Waals surface area contributed by atoms with Crippen LogP contribution in [0.25, 0.3) is 0 Å². The van der Waals surface area contributed by atoms with E-state index < -0.39 is 57.8 Å². The van der Waals surface area contributed by atoms with Gasteiger partial charge in [-0.1, -0.05) is 5.16 Å². The zero-order valence-electron chi connectivity index (χ0n) is 17.8. The summed E-state index contributed by atoms with van der Waals surface area (Å²) in [6, 6.07) is -2.28. The van der Waals surface area contributed by atoms with Crippen molar-refractivity contribution in [2.45, 2.75) is 37.6 Å². The van der Waals surface area contributed by atoms with E-state index in [0.717, 1.165) is 11.3 Å². The molecule has 2 fully saturated rings. The third-order valence-electron chi connectivity index (χ3n) is 5.23. The van der Waals surface area contributed by atoms with E-state index in [4.69, 9.17) is 15.1 Å². The maximum Gasteiger partial charge on any atom is 0.339 e. The molecule has 4 atom stereocenters. The lowest BCUT2D eigenvalue weighted by atomic mass is 9.85. The van der Waals surface area contributed by atoms with Crippen molar-refractivity contribution in [3.05, 3.63) is 22.9 Å². The Morgan fingerprint density at radius 3 is 2.57 bits per heavy atom. The lowest BCUT2D eigenvalue weighted by Gasteiger charge is -2.48. The summed E-state index contributed by atoms with van der Waals surface area (Å²) in [5, 5.41) is 16.6. The summed E-state index contributed by atoms with van der Waals surface area (Å²) < 4.78 is 32.6. The van der Waals surface area contributed by atoms with Crippen LogP contribution < -0.4 is 26.0 Å². The monoisotopic (exact) mass is 530 g/mol. The van der Waals surface area contributed by atoms with E-state index in [2.05, 4.69) is 20.9 Å². The van der Waals surface area contributed by atoms with Crippen LogP contribution in [0.15, 0.2) is 16.0 Å². The fraction of sp³-hybridized carbons (Fsp3) is 0.375. The molecule has 2 aliphatic rings. The predicted octanol–water partition coefficient (Wildman–Crippen LogP) is -2.01. The number of carboxylic acids is 1. The van der Waals surface area contributed by atoms with Gasteiger partial charge in [-0.25, -0.2) is 24.0 Å². The van der Waals surface area contributed by atoms with E-state index in [-0.39, 0.29) is 16.6 Å². The van der Waals surface area contributed by atoms with Crippen molar-refractivity contribution in [1.82, 2.24) is 30.6 Å². The second kappa shape index (κ2) is 8.45. The van der Waals surface area contributed by atoms with Gasteiger partial charge >= 0.3 is 22.2 Å². The van der Waals surface area contributed by atoms with Crippen molar-refractivity contribution in [1.29, 1.82) is 0 Å². The van der Waals surface area contributed by atoms with Crippen LogP contribution in [0.3, 0.4) is 0 Å². The number of amides is 4. The number of carbonyl (C=O) groups is 4. The minimum absolute atomic E-state index is 0.0366. The largest absolute Gasteiger partial charge is 0.479 e. The Morgan fingerprint density at radius 1 is 1.37 bits per heavy atom. The maximum atomic E-state index is 13.1. The van der Waals surface area contributed by atoms with E-state index in [1.807, 2.05) is 4.72 Å². The van der Waals surface area contributed by atoms with Crippen LogP contribution in [0.5, 0.6) is 0 Å². The number of urea groups is 1. The molecule has 2 aromatic heterocycles. The van der Waals surface area contributed by atoms with Gasteiger partial charge in [-0.2, -0.15) is 13.9 Å². The molecule has 0 bridgehead atoms. The molecule has 188 valence electrons. The molecule has 4 heterocycles. The van der Waals surface area contributed by atoms with Gasteiger partial charge in [0.2, 0.25) is 11.6 Å². The number of imide groups is 1. The number of hydrogen-bond acceptors (Lipinski definition) is 13. The lowest BCUT2D eigenvalue weighted by Crippen LogP contribution is -2.78. The summed E-state index contributed by atoms with van der Waals surface area (Å²) in [6.45, 7) is 2.90. The molecule has 0 spiro atoms. The number of nitrogens with one attached hydrogen (secondary N) is 4. The van der Waals surface area contributed by atoms with Crippen molar-refractivity contribution in [3.63, 3.8) is 0 Å². The number of hydrogen-bond donors (Lipinski definition) is 6. The van der Waals surface area contributed by atoms with Gasteiger partial charge in [0.05, 0.1) is 11.7 Å². The summed E-state index contributed by atoms with van der Waals surface area (Å²) in [4.78, 5) is 59.0. The highest BCUT2D eigenvalue weighted by atomic mass is 32.2. The Bertz CT molecular complexity index is 1320. The third kappa shape index (κ3) is 4.13. The molecular formula is C16H18N8O9S2. The highest BCUT2D eigenvalue weighted by molar-refractivity contribution is 7.91. The van der Waals surface area contributed by atoms with Gasteiger partial charge in [0.25, 0.3) is 11.8 Å².